The summed E-state index contributed by atoms with van der Waals surface area (Å²) in [7, 11) is 0. The van der Waals surface area contributed by atoms with Gasteiger partial charge in [0.1, 0.15) is 0 Å². The van der Waals surface area contributed by atoms with Gasteiger partial charge in [-0.15, -0.1) is 0 Å². The molecule has 0 fully saturated rings. The lowest BCUT2D eigenvalue weighted by Crippen LogP contribution is -2.15. The zero-order valence-corrected chi connectivity index (χ0v) is 7.80. The molecule has 0 aromatic heterocycles. The molecule has 0 bridgehead atoms. The number of rotatable bonds is 0. The summed E-state index contributed by atoms with van der Waals surface area (Å²) in [4.78, 5) is 0. The standard InChI is InChI=1S/C12H15/c1-9-3-5-12-8-10(2)4-6-11(12)7-9/h3-5,8,10H,6-7H2,1-2H3. The highest BCUT2D eigenvalue weighted by atomic mass is 14.3. The highest BCUT2D eigenvalue weighted by molar-refractivity contribution is 5.46. The molecular weight excluding hydrogens is 144 g/mol. The molecule has 0 nitrogen and oxygen atoms in total. The lowest BCUT2D eigenvalue weighted by Gasteiger charge is -2.29. The highest BCUT2D eigenvalue weighted by Gasteiger charge is 2.24. The van der Waals surface area contributed by atoms with E-state index in [0.29, 0.717) is 5.92 Å². The second-order valence-corrected chi connectivity index (χ2v) is 3.88. The summed E-state index contributed by atoms with van der Waals surface area (Å²) in [5.41, 5.74) is 1.48. The fourth-order valence-corrected chi connectivity index (χ4v) is 1.89. The number of hydrogen-bond donors (Lipinski definition) is 0. The second-order valence-electron chi connectivity index (χ2n) is 3.88. The summed E-state index contributed by atoms with van der Waals surface area (Å²) in [5, 5.41) is 0. The topological polar surface area (TPSA) is 0 Å². The van der Waals surface area contributed by atoms with Crippen LogP contribution in [0.25, 0.3) is 0 Å². The minimum Gasteiger partial charge on any atom is -0.0776 e. The van der Waals surface area contributed by atoms with Crippen molar-refractivity contribution >= 4 is 0 Å². The molecule has 0 saturated heterocycles. The van der Waals surface area contributed by atoms with E-state index >= 15 is 0 Å². The molecule has 0 aliphatic heterocycles. The summed E-state index contributed by atoms with van der Waals surface area (Å²) in [5.74, 6) is 3.75. The molecule has 0 heteroatoms. The average molecular weight is 159 g/mol. The normalized spacial score (nSPS) is 31.5. The molecule has 0 saturated carbocycles. The van der Waals surface area contributed by atoms with E-state index in [1.807, 2.05) is 0 Å². The molecule has 0 aromatic rings. The van der Waals surface area contributed by atoms with Crippen molar-refractivity contribution in [3.63, 3.8) is 0 Å². The second kappa shape index (κ2) is 3.08. The van der Waals surface area contributed by atoms with E-state index in [2.05, 4.69) is 38.5 Å². The monoisotopic (exact) mass is 159 g/mol. The molecule has 0 amide bonds. The quantitative estimate of drug-likeness (QED) is 0.509. The SMILES string of the molecule is C[C]1C=CC2=CC(C)[CH]C[C]2C1. The number of fused-ring (bicyclic) bond motifs is 1. The van der Waals surface area contributed by atoms with Gasteiger partial charge in [-0.2, -0.15) is 0 Å². The molecule has 0 N–H and O–H groups in total. The maximum atomic E-state index is 2.39. The van der Waals surface area contributed by atoms with Crippen LogP contribution in [0.3, 0.4) is 0 Å². The summed E-state index contributed by atoms with van der Waals surface area (Å²) >= 11 is 0. The molecule has 0 heterocycles. The van der Waals surface area contributed by atoms with Crippen LogP contribution in [0, 0.1) is 24.2 Å². The highest BCUT2D eigenvalue weighted by Crippen LogP contribution is 2.38. The smallest absolute Gasteiger partial charge is 0.00583 e. The van der Waals surface area contributed by atoms with Crippen molar-refractivity contribution in [2.45, 2.75) is 26.7 Å². The van der Waals surface area contributed by atoms with Gasteiger partial charge in [-0.05, 0) is 36.7 Å². The minimum absolute atomic E-state index is 0.659. The van der Waals surface area contributed by atoms with Crippen LogP contribution >= 0.6 is 0 Å². The number of hydrogen-bond acceptors (Lipinski definition) is 0. The Kier molecular flexibility index (Phi) is 2.08. The molecule has 0 spiro atoms. The molecule has 63 valence electrons. The van der Waals surface area contributed by atoms with Gasteiger partial charge in [-0.25, -0.2) is 0 Å². The summed E-state index contributed by atoms with van der Waals surface area (Å²) in [6, 6.07) is 0. The van der Waals surface area contributed by atoms with Crippen LogP contribution in [-0.2, 0) is 0 Å². The maximum absolute atomic E-state index is 2.39. The van der Waals surface area contributed by atoms with Crippen LogP contribution in [0.4, 0.5) is 0 Å². The minimum atomic E-state index is 0.659. The Bertz CT molecular complexity index is 222. The van der Waals surface area contributed by atoms with Crippen LogP contribution in [0.2, 0.25) is 0 Å². The van der Waals surface area contributed by atoms with Crippen molar-refractivity contribution in [2.24, 2.45) is 5.92 Å². The molecule has 2 aliphatic carbocycles. The van der Waals surface area contributed by atoms with Crippen LogP contribution in [0.15, 0.2) is 23.8 Å². The van der Waals surface area contributed by atoms with Gasteiger partial charge in [0.2, 0.25) is 0 Å². The Labute approximate surface area is 75.4 Å². The third-order valence-electron chi connectivity index (χ3n) is 2.63. The van der Waals surface area contributed by atoms with E-state index in [9.17, 15) is 0 Å². The molecular formula is C12H15. The van der Waals surface area contributed by atoms with Crippen LogP contribution in [0.5, 0.6) is 0 Å². The zero-order chi connectivity index (χ0) is 8.55. The first-order valence-corrected chi connectivity index (χ1v) is 4.66. The third kappa shape index (κ3) is 1.48. The van der Waals surface area contributed by atoms with Gasteiger partial charge < -0.3 is 0 Å². The van der Waals surface area contributed by atoms with Crippen molar-refractivity contribution in [3.05, 3.63) is 42.1 Å². The molecule has 2 rings (SSSR count). The van der Waals surface area contributed by atoms with Gasteiger partial charge >= 0.3 is 0 Å². The Morgan fingerprint density at radius 3 is 3.00 bits per heavy atom. The summed E-state index contributed by atoms with van der Waals surface area (Å²) < 4.78 is 0. The van der Waals surface area contributed by atoms with E-state index in [1.165, 1.54) is 24.3 Å². The Hall–Kier alpha value is -0.520. The largest absolute Gasteiger partial charge is 0.0776 e. The zero-order valence-electron chi connectivity index (χ0n) is 7.80. The van der Waals surface area contributed by atoms with E-state index < -0.39 is 0 Å². The van der Waals surface area contributed by atoms with E-state index in [-0.39, 0.29) is 0 Å². The molecule has 1 atom stereocenters. The van der Waals surface area contributed by atoms with Crippen LogP contribution in [0.1, 0.15) is 26.7 Å². The lowest BCUT2D eigenvalue weighted by atomic mass is 9.75. The first-order valence-electron chi connectivity index (χ1n) is 4.66. The molecule has 1 unspecified atom stereocenters. The van der Waals surface area contributed by atoms with Gasteiger partial charge in [0, 0.05) is 5.92 Å². The molecule has 0 aromatic carbocycles. The first kappa shape index (κ1) is 8.10. The Morgan fingerprint density at radius 1 is 1.33 bits per heavy atom. The van der Waals surface area contributed by atoms with Crippen molar-refractivity contribution in [3.8, 4) is 0 Å². The van der Waals surface area contributed by atoms with Crippen molar-refractivity contribution < 1.29 is 0 Å². The van der Waals surface area contributed by atoms with Crippen LogP contribution in [-0.4, -0.2) is 0 Å². The van der Waals surface area contributed by atoms with Crippen LogP contribution < -0.4 is 0 Å². The third-order valence-corrected chi connectivity index (χ3v) is 2.63. The molecule has 3 radical (unpaired) electrons. The van der Waals surface area contributed by atoms with E-state index in [4.69, 9.17) is 0 Å². The van der Waals surface area contributed by atoms with Crippen molar-refractivity contribution in [1.82, 2.24) is 0 Å². The predicted octanol–water partition coefficient (Wildman–Crippen LogP) is 3.29. The fourth-order valence-electron chi connectivity index (χ4n) is 1.89. The Morgan fingerprint density at radius 2 is 2.17 bits per heavy atom. The van der Waals surface area contributed by atoms with E-state index in [1.54, 1.807) is 5.92 Å². The van der Waals surface area contributed by atoms with Gasteiger partial charge in [0.25, 0.3) is 0 Å². The van der Waals surface area contributed by atoms with Gasteiger partial charge in [0.05, 0.1) is 0 Å². The maximum Gasteiger partial charge on any atom is 0.00583 e. The number of allylic oxidation sites excluding steroid dienone is 4. The first-order chi connectivity index (χ1) is 5.75. The summed E-state index contributed by atoms with van der Waals surface area (Å²) in [6.45, 7) is 4.46. The fraction of sp³-hybridized carbons (Fsp3) is 0.417. The summed E-state index contributed by atoms with van der Waals surface area (Å²) in [6.07, 6.45) is 11.6. The van der Waals surface area contributed by atoms with Gasteiger partial charge in [0.15, 0.2) is 0 Å². The van der Waals surface area contributed by atoms with Gasteiger partial charge in [-0.1, -0.05) is 32.1 Å². The predicted molar refractivity (Wildman–Crippen MR) is 52.1 cm³/mol. The van der Waals surface area contributed by atoms with Crippen molar-refractivity contribution in [1.29, 1.82) is 0 Å². The van der Waals surface area contributed by atoms with Gasteiger partial charge in [-0.3, -0.25) is 0 Å². The Balaban J connectivity index is 2.21. The molecule has 12 heavy (non-hydrogen) atoms. The van der Waals surface area contributed by atoms with Crippen molar-refractivity contribution in [2.75, 3.05) is 0 Å². The lowest BCUT2D eigenvalue weighted by molar-refractivity contribution is 0.696. The van der Waals surface area contributed by atoms with E-state index in [0.717, 1.165) is 0 Å². The molecule has 2 aliphatic rings. The average Bonchev–Trinajstić information content (AvgIpc) is 2.05.